The Labute approximate surface area is 120 Å². The maximum atomic E-state index is 5.63. The van der Waals surface area contributed by atoms with Crippen LogP contribution >= 0.6 is 15.9 Å². The standard InChI is InChI=1S/C15H26BrNO/c1-4-6-8-9-11-15(3,10-7-5-2)13-14(16)17-12-18-13/h12H,4-11H2,1-3H3. The molecule has 0 fully saturated rings. The van der Waals surface area contributed by atoms with Crippen molar-refractivity contribution in [3.05, 3.63) is 16.8 Å². The van der Waals surface area contributed by atoms with Crippen molar-refractivity contribution in [2.75, 3.05) is 0 Å². The first-order valence-electron chi connectivity index (χ1n) is 7.23. The maximum absolute atomic E-state index is 5.63. The smallest absolute Gasteiger partial charge is 0.182 e. The lowest BCUT2D eigenvalue weighted by molar-refractivity contribution is 0.299. The maximum Gasteiger partial charge on any atom is 0.182 e. The fourth-order valence-electron chi connectivity index (χ4n) is 2.48. The van der Waals surface area contributed by atoms with E-state index in [2.05, 4.69) is 41.7 Å². The van der Waals surface area contributed by atoms with Gasteiger partial charge in [0.2, 0.25) is 0 Å². The zero-order chi connectivity index (χ0) is 13.4. The summed E-state index contributed by atoms with van der Waals surface area (Å²) in [4.78, 5) is 4.19. The Morgan fingerprint density at radius 2 is 1.78 bits per heavy atom. The molecule has 0 aliphatic carbocycles. The molecule has 1 atom stereocenters. The molecule has 0 spiro atoms. The summed E-state index contributed by atoms with van der Waals surface area (Å²) >= 11 is 3.51. The summed E-state index contributed by atoms with van der Waals surface area (Å²) in [5.74, 6) is 1.03. The lowest BCUT2D eigenvalue weighted by Crippen LogP contribution is -2.22. The van der Waals surface area contributed by atoms with Crippen LogP contribution in [-0.4, -0.2) is 4.98 Å². The third-order valence-electron chi connectivity index (χ3n) is 3.74. The number of rotatable bonds is 9. The molecule has 1 aromatic rings. The van der Waals surface area contributed by atoms with Crippen LogP contribution in [0.5, 0.6) is 0 Å². The van der Waals surface area contributed by atoms with Crippen molar-refractivity contribution < 1.29 is 4.42 Å². The van der Waals surface area contributed by atoms with E-state index in [0.29, 0.717) is 0 Å². The monoisotopic (exact) mass is 315 g/mol. The second kappa shape index (κ2) is 7.98. The molecule has 3 heteroatoms. The van der Waals surface area contributed by atoms with Crippen molar-refractivity contribution in [1.82, 2.24) is 4.98 Å². The molecule has 0 aromatic carbocycles. The van der Waals surface area contributed by atoms with Crippen LogP contribution in [-0.2, 0) is 5.41 Å². The van der Waals surface area contributed by atoms with Gasteiger partial charge in [-0.05, 0) is 28.8 Å². The highest BCUT2D eigenvalue weighted by molar-refractivity contribution is 9.10. The van der Waals surface area contributed by atoms with Crippen LogP contribution < -0.4 is 0 Å². The lowest BCUT2D eigenvalue weighted by atomic mass is 9.78. The molecule has 0 saturated heterocycles. The van der Waals surface area contributed by atoms with Gasteiger partial charge in [0.1, 0.15) is 10.4 Å². The average Bonchev–Trinajstić information content (AvgIpc) is 2.79. The van der Waals surface area contributed by atoms with Gasteiger partial charge in [-0.1, -0.05) is 59.3 Å². The molecule has 0 radical (unpaired) electrons. The summed E-state index contributed by atoms with van der Waals surface area (Å²) in [7, 11) is 0. The van der Waals surface area contributed by atoms with Gasteiger partial charge in [0, 0.05) is 5.41 Å². The van der Waals surface area contributed by atoms with Crippen LogP contribution in [0.4, 0.5) is 0 Å². The van der Waals surface area contributed by atoms with Gasteiger partial charge in [0.05, 0.1) is 0 Å². The molecular formula is C15H26BrNO. The molecule has 0 bridgehead atoms. The molecule has 104 valence electrons. The molecular weight excluding hydrogens is 290 g/mol. The molecule has 0 amide bonds. The van der Waals surface area contributed by atoms with Crippen molar-refractivity contribution in [3.63, 3.8) is 0 Å². The molecule has 2 nitrogen and oxygen atoms in total. The van der Waals surface area contributed by atoms with Gasteiger partial charge in [-0.25, -0.2) is 4.98 Å². The molecule has 1 unspecified atom stereocenters. The van der Waals surface area contributed by atoms with Gasteiger partial charge in [-0.15, -0.1) is 0 Å². The van der Waals surface area contributed by atoms with E-state index >= 15 is 0 Å². The SMILES string of the molecule is CCCCCCC(C)(CCCC)c1ocnc1Br. The lowest BCUT2D eigenvalue weighted by Gasteiger charge is -2.27. The first-order chi connectivity index (χ1) is 8.64. The van der Waals surface area contributed by atoms with E-state index in [1.165, 1.54) is 51.4 Å². The molecule has 0 aliphatic heterocycles. The minimum Gasteiger partial charge on any atom is -0.447 e. The number of aromatic nitrogens is 1. The fraction of sp³-hybridized carbons (Fsp3) is 0.800. The number of unbranched alkanes of at least 4 members (excludes halogenated alkanes) is 4. The minimum absolute atomic E-state index is 0.138. The van der Waals surface area contributed by atoms with Crippen LogP contribution in [0.25, 0.3) is 0 Å². The predicted octanol–water partition coefficient (Wildman–Crippen LogP) is 5.86. The molecule has 1 aromatic heterocycles. The van der Waals surface area contributed by atoms with E-state index < -0.39 is 0 Å². The minimum atomic E-state index is 0.138. The number of hydrogen-bond acceptors (Lipinski definition) is 2. The van der Waals surface area contributed by atoms with Crippen molar-refractivity contribution in [2.45, 2.75) is 77.6 Å². The normalized spacial score (nSPS) is 14.7. The topological polar surface area (TPSA) is 26.0 Å². The largest absolute Gasteiger partial charge is 0.447 e. The summed E-state index contributed by atoms with van der Waals surface area (Å²) in [5, 5.41) is 0. The van der Waals surface area contributed by atoms with E-state index in [1.54, 1.807) is 6.39 Å². The van der Waals surface area contributed by atoms with Crippen molar-refractivity contribution >= 4 is 15.9 Å². The van der Waals surface area contributed by atoms with Crippen molar-refractivity contribution in [2.24, 2.45) is 0 Å². The molecule has 18 heavy (non-hydrogen) atoms. The Balaban J connectivity index is 2.66. The van der Waals surface area contributed by atoms with Crippen LogP contribution in [0.1, 0.15) is 77.9 Å². The molecule has 0 aliphatic rings. The zero-order valence-corrected chi connectivity index (χ0v) is 13.6. The summed E-state index contributed by atoms with van der Waals surface area (Å²) in [6, 6.07) is 0. The van der Waals surface area contributed by atoms with Crippen LogP contribution in [0.15, 0.2) is 15.4 Å². The Hall–Kier alpha value is -0.310. The highest BCUT2D eigenvalue weighted by Gasteiger charge is 2.31. The molecule has 0 saturated carbocycles. The fourth-order valence-corrected chi connectivity index (χ4v) is 3.14. The predicted molar refractivity (Wildman–Crippen MR) is 79.8 cm³/mol. The number of halogens is 1. The highest BCUT2D eigenvalue weighted by Crippen LogP contribution is 2.38. The Bertz CT molecular complexity index is 337. The average molecular weight is 316 g/mol. The van der Waals surface area contributed by atoms with E-state index in [-0.39, 0.29) is 5.41 Å². The van der Waals surface area contributed by atoms with Gasteiger partial charge in [-0.3, -0.25) is 0 Å². The summed E-state index contributed by atoms with van der Waals surface area (Å²) in [6.45, 7) is 6.82. The number of oxazole rings is 1. The van der Waals surface area contributed by atoms with Gasteiger partial charge >= 0.3 is 0 Å². The third kappa shape index (κ3) is 4.42. The van der Waals surface area contributed by atoms with Crippen molar-refractivity contribution in [1.29, 1.82) is 0 Å². The van der Waals surface area contributed by atoms with Crippen LogP contribution in [0.2, 0.25) is 0 Å². The Morgan fingerprint density at radius 3 is 2.33 bits per heavy atom. The quantitative estimate of drug-likeness (QED) is 0.534. The van der Waals surface area contributed by atoms with Crippen LogP contribution in [0, 0.1) is 0 Å². The molecule has 1 heterocycles. The second-order valence-electron chi connectivity index (χ2n) is 5.45. The van der Waals surface area contributed by atoms with Gasteiger partial charge in [0.15, 0.2) is 6.39 Å². The third-order valence-corrected chi connectivity index (χ3v) is 4.30. The number of hydrogen-bond donors (Lipinski definition) is 0. The zero-order valence-electron chi connectivity index (χ0n) is 12.0. The van der Waals surface area contributed by atoms with E-state index in [0.717, 1.165) is 10.4 Å². The second-order valence-corrected chi connectivity index (χ2v) is 6.20. The molecule has 1 rings (SSSR count). The first kappa shape index (κ1) is 15.7. The summed E-state index contributed by atoms with van der Waals surface area (Å²) < 4.78 is 6.51. The summed E-state index contributed by atoms with van der Waals surface area (Å²) in [5.41, 5.74) is 0.138. The van der Waals surface area contributed by atoms with Crippen molar-refractivity contribution in [3.8, 4) is 0 Å². The Kier molecular flexibility index (Phi) is 6.98. The van der Waals surface area contributed by atoms with Gasteiger partial charge in [0.25, 0.3) is 0 Å². The van der Waals surface area contributed by atoms with Crippen LogP contribution in [0.3, 0.4) is 0 Å². The van der Waals surface area contributed by atoms with Gasteiger partial charge in [-0.2, -0.15) is 0 Å². The molecule has 0 N–H and O–H groups in total. The highest BCUT2D eigenvalue weighted by atomic mass is 79.9. The van der Waals surface area contributed by atoms with E-state index in [4.69, 9.17) is 4.42 Å². The number of nitrogens with zero attached hydrogens (tertiary/aromatic N) is 1. The van der Waals surface area contributed by atoms with E-state index in [9.17, 15) is 0 Å². The Morgan fingerprint density at radius 1 is 1.11 bits per heavy atom. The van der Waals surface area contributed by atoms with Gasteiger partial charge < -0.3 is 4.42 Å². The summed E-state index contributed by atoms with van der Waals surface area (Å²) in [6.07, 6.45) is 11.6. The first-order valence-corrected chi connectivity index (χ1v) is 8.02. The van der Waals surface area contributed by atoms with E-state index in [1.807, 2.05) is 0 Å².